The predicted octanol–water partition coefficient (Wildman–Crippen LogP) is 5.15. The molecule has 24 heavy (non-hydrogen) atoms. The molecule has 0 spiro atoms. The summed E-state index contributed by atoms with van der Waals surface area (Å²) in [6, 6.07) is 20.5. The zero-order valence-corrected chi connectivity index (χ0v) is 14.0. The average Bonchev–Trinajstić information content (AvgIpc) is 2.64. The smallest absolute Gasteiger partial charge is 0.161 e. The van der Waals surface area contributed by atoms with Crippen molar-refractivity contribution in [2.45, 2.75) is 16.8 Å². The Labute approximate surface area is 144 Å². The van der Waals surface area contributed by atoms with Gasteiger partial charge in [-0.3, -0.25) is 4.98 Å². The molecule has 0 unspecified atom stereocenters. The summed E-state index contributed by atoms with van der Waals surface area (Å²) in [5.41, 5.74) is 3.18. The van der Waals surface area contributed by atoms with E-state index in [0.29, 0.717) is 0 Å². The molecule has 2 aromatic heterocycles. The van der Waals surface area contributed by atoms with E-state index >= 15 is 0 Å². The van der Waals surface area contributed by atoms with Crippen molar-refractivity contribution in [3.05, 3.63) is 78.6 Å². The summed E-state index contributed by atoms with van der Waals surface area (Å²) in [4.78, 5) is 14.8. The maximum Gasteiger partial charge on any atom is 0.161 e. The Hall–Kier alpha value is -2.72. The van der Waals surface area contributed by atoms with E-state index in [-0.39, 0.29) is 0 Å². The normalized spacial score (nSPS) is 10.9. The van der Waals surface area contributed by atoms with Crippen LogP contribution in [0.1, 0.15) is 5.56 Å². The second-order valence-corrected chi connectivity index (χ2v) is 6.58. The van der Waals surface area contributed by atoms with E-state index in [1.807, 2.05) is 30.3 Å². The Balaban J connectivity index is 1.85. The zero-order chi connectivity index (χ0) is 16.4. The number of aryl methyl sites for hydroxylation is 1. The Kier molecular flexibility index (Phi) is 3.97. The van der Waals surface area contributed by atoms with Gasteiger partial charge in [-0.2, -0.15) is 0 Å². The SMILES string of the molecule is Cc1ccc(Sc2nc(-c3ccncc3)nc3ccccc23)cc1. The molecule has 0 radical (unpaired) electrons. The van der Waals surface area contributed by atoms with Gasteiger partial charge < -0.3 is 0 Å². The first kappa shape index (κ1) is 14.8. The molecule has 2 aromatic carbocycles. The summed E-state index contributed by atoms with van der Waals surface area (Å²) in [5, 5.41) is 2.04. The number of aromatic nitrogens is 3. The Bertz CT molecular complexity index is 983. The standard InChI is InChI=1S/C20H15N3S/c1-14-6-8-16(9-7-14)24-20-17-4-2-3-5-18(17)22-19(23-20)15-10-12-21-13-11-15/h2-13H,1H3. The van der Waals surface area contributed by atoms with Crippen molar-refractivity contribution in [1.29, 1.82) is 0 Å². The minimum absolute atomic E-state index is 0.728. The molecular weight excluding hydrogens is 314 g/mol. The fourth-order valence-corrected chi connectivity index (χ4v) is 3.38. The molecule has 0 saturated carbocycles. The van der Waals surface area contributed by atoms with Gasteiger partial charge in [0, 0.05) is 28.2 Å². The fourth-order valence-electron chi connectivity index (χ4n) is 2.47. The average molecular weight is 329 g/mol. The van der Waals surface area contributed by atoms with Crippen LogP contribution in [-0.4, -0.2) is 15.0 Å². The minimum Gasteiger partial charge on any atom is -0.265 e. The van der Waals surface area contributed by atoms with E-state index in [1.165, 1.54) is 10.5 Å². The van der Waals surface area contributed by atoms with Gasteiger partial charge >= 0.3 is 0 Å². The minimum atomic E-state index is 0.728. The van der Waals surface area contributed by atoms with Crippen molar-refractivity contribution in [3.8, 4) is 11.4 Å². The first-order valence-corrected chi connectivity index (χ1v) is 8.53. The fraction of sp³-hybridized carbons (Fsp3) is 0.0500. The number of hydrogen-bond acceptors (Lipinski definition) is 4. The molecule has 0 amide bonds. The highest BCUT2D eigenvalue weighted by molar-refractivity contribution is 7.99. The first-order valence-electron chi connectivity index (χ1n) is 7.71. The van der Waals surface area contributed by atoms with Gasteiger partial charge in [0.2, 0.25) is 0 Å². The molecule has 116 valence electrons. The third-order valence-electron chi connectivity index (χ3n) is 3.74. The third-order valence-corrected chi connectivity index (χ3v) is 4.75. The quantitative estimate of drug-likeness (QED) is 0.487. The van der Waals surface area contributed by atoms with Crippen LogP contribution in [0.4, 0.5) is 0 Å². The van der Waals surface area contributed by atoms with E-state index in [2.05, 4.69) is 42.2 Å². The van der Waals surface area contributed by atoms with Crippen molar-refractivity contribution in [2.75, 3.05) is 0 Å². The van der Waals surface area contributed by atoms with Crippen molar-refractivity contribution in [2.24, 2.45) is 0 Å². The van der Waals surface area contributed by atoms with Gasteiger partial charge in [-0.05, 0) is 37.3 Å². The molecular formula is C20H15N3S. The second-order valence-electron chi connectivity index (χ2n) is 5.52. The van der Waals surface area contributed by atoms with Gasteiger partial charge in [0.25, 0.3) is 0 Å². The van der Waals surface area contributed by atoms with Crippen molar-refractivity contribution >= 4 is 22.7 Å². The highest BCUT2D eigenvalue weighted by Crippen LogP contribution is 2.33. The summed E-state index contributed by atoms with van der Waals surface area (Å²) in [5.74, 6) is 0.728. The summed E-state index contributed by atoms with van der Waals surface area (Å²) < 4.78 is 0. The number of fused-ring (bicyclic) bond motifs is 1. The third kappa shape index (κ3) is 3.01. The Morgan fingerprint density at radius 3 is 2.33 bits per heavy atom. The monoisotopic (exact) mass is 329 g/mol. The highest BCUT2D eigenvalue weighted by atomic mass is 32.2. The summed E-state index contributed by atoms with van der Waals surface area (Å²) >= 11 is 1.67. The van der Waals surface area contributed by atoms with E-state index in [0.717, 1.165) is 27.3 Å². The van der Waals surface area contributed by atoms with Crippen molar-refractivity contribution in [1.82, 2.24) is 15.0 Å². The van der Waals surface area contributed by atoms with E-state index in [4.69, 9.17) is 9.97 Å². The van der Waals surface area contributed by atoms with Crippen molar-refractivity contribution in [3.63, 3.8) is 0 Å². The van der Waals surface area contributed by atoms with Gasteiger partial charge in [-0.1, -0.05) is 47.7 Å². The molecule has 0 bridgehead atoms. The maximum atomic E-state index is 4.81. The van der Waals surface area contributed by atoms with Crippen LogP contribution in [0, 0.1) is 6.92 Å². The number of para-hydroxylation sites is 1. The molecule has 0 saturated heterocycles. The molecule has 2 heterocycles. The second kappa shape index (κ2) is 6.42. The summed E-state index contributed by atoms with van der Waals surface area (Å²) in [6.45, 7) is 2.09. The number of hydrogen-bond donors (Lipinski definition) is 0. The molecule has 4 aromatic rings. The Morgan fingerprint density at radius 1 is 0.792 bits per heavy atom. The van der Waals surface area contributed by atoms with Crippen LogP contribution in [0.15, 0.2) is 83.0 Å². The Morgan fingerprint density at radius 2 is 1.54 bits per heavy atom. The van der Waals surface area contributed by atoms with Crippen LogP contribution >= 0.6 is 11.8 Å². The summed E-state index contributed by atoms with van der Waals surface area (Å²) in [6.07, 6.45) is 3.53. The molecule has 0 fully saturated rings. The largest absolute Gasteiger partial charge is 0.265 e. The lowest BCUT2D eigenvalue weighted by Crippen LogP contribution is -1.94. The van der Waals surface area contributed by atoms with Gasteiger partial charge in [-0.25, -0.2) is 9.97 Å². The first-order chi connectivity index (χ1) is 11.8. The van der Waals surface area contributed by atoms with Gasteiger partial charge in [0.15, 0.2) is 5.82 Å². The highest BCUT2D eigenvalue weighted by Gasteiger charge is 2.10. The van der Waals surface area contributed by atoms with E-state index in [1.54, 1.807) is 24.2 Å². The molecule has 0 atom stereocenters. The molecule has 0 N–H and O–H groups in total. The number of rotatable bonds is 3. The topological polar surface area (TPSA) is 38.7 Å². The summed E-state index contributed by atoms with van der Waals surface area (Å²) in [7, 11) is 0. The number of pyridine rings is 1. The van der Waals surface area contributed by atoms with Crippen molar-refractivity contribution < 1.29 is 0 Å². The van der Waals surface area contributed by atoms with Crippen LogP contribution < -0.4 is 0 Å². The van der Waals surface area contributed by atoms with Crippen LogP contribution in [0.3, 0.4) is 0 Å². The lowest BCUT2D eigenvalue weighted by Gasteiger charge is -2.08. The molecule has 3 nitrogen and oxygen atoms in total. The predicted molar refractivity (Wildman–Crippen MR) is 98.1 cm³/mol. The molecule has 0 aliphatic carbocycles. The number of nitrogens with zero attached hydrogens (tertiary/aromatic N) is 3. The molecule has 4 rings (SSSR count). The van der Waals surface area contributed by atoms with Gasteiger partial charge in [0.1, 0.15) is 5.03 Å². The van der Waals surface area contributed by atoms with E-state index in [9.17, 15) is 0 Å². The molecule has 0 aliphatic heterocycles. The zero-order valence-electron chi connectivity index (χ0n) is 13.2. The van der Waals surface area contributed by atoms with Gasteiger partial charge in [0.05, 0.1) is 5.52 Å². The maximum absolute atomic E-state index is 4.81. The van der Waals surface area contributed by atoms with Crippen LogP contribution in [0.5, 0.6) is 0 Å². The number of benzene rings is 2. The van der Waals surface area contributed by atoms with Crippen LogP contribution in [0.2, 0.25) is 0 Å². The molecule has 0 aliphatic rings. The lowest BCUT2D eigenvalue weighted by atomic mass is 10.2. The van der Waals surface area contributed by atoms with Crippen LogP contribution in [-0.2, 0) is 0 Å². The van der Waals surface area contributed by atoms with E-state index < -0.39 is 0 Å². The lowest BCUT2D eigenvalue weighted by molar-refractivity contribution is 1.11. The van der Waals surface area contributed by atoms with Crippen LogP contribution in [0.25, 0.3) is 22.3 Å². The van der Waals surface area contributed by atoms with Gasteiger partial charge in [-0.15, -0.1) is 0 Å². The molecule has 4 heteroatoms.